The first-order chi connectivity index (χ1) is 11.7. The standard InChI is InChI=1S/C18H16FN5/c1-12-11-13(7-8-15(12)19)17-21-16-6-3-2-5-14(16)18(22-17)23-24-10-4-9-20-24/h2-11,17,21H,1H3,(H,22,23). The van der Waals surface area contributed by atoms with Crippen LogP contribution in [0.15, 0.2) is 65.9 Å². The highest BCUT2D eigenvalue weighted by Gasteiger charge is 2.22. The zero-order valence-electron chi connectivity index (χ0n) is 13.1. The predicted octanol–water partition coefficient (Wildman–Crippen LogP) is 3.45. The first kappa shape index (κ1) is 14.4. The molecular formula is C18H16FN5. The number of fused-ring (bicyclic) bond motifs is 1. The third-order valence-corrected chi connectivity index (χ3v) is 3.96. The number of para-hydroxylation sites is 1. The molecule has 120 valence electrons. The van der Waals surface area contributed by atoms with E-state index in [1.54, 1.807) is 24.0 Å². The number of halogens is 1. The molecule has 0 saturated carbocycles. The fraction of sp³-hybridized carbons (Fsp3) is 0.111. The summed E-state index contributed by atoms with van der Waals surface area (Å²) in [6.07, 6.45) is 3.21. The molecule has 0 saturated heterocycles. The van der Waals surface area contributed by atoms with E-state index in [2.05, 4.69) is 15.8 Å². The van der Waals surface area contributed by atoms with E-state index in [-0.39, 0.29) is 12.0 Å². The predicted molar refractivity (Wildman–Crippen MR) is 92.1 cm³/mol. The van der Waals surface area contributed by atoms with Crippen molar-refractivity contribution in [1.29, 1.82) is 0 Å². The van der Waals surface area contributed by atoms with Gasteiger partial charge in [0, 0.05) is 17.4 Å². The minimum atomic E-state index is -0.294. The van der Waals surface area contributed by atoms with Crippen LogP contribution in [0.4, 0.5) is 10.1 Å². The number of hydrogen-bond donors (Lipinski definition) is 2. The lowest BCUT2D eigenvalue weighted by Crippen LogP contribution is -2.30. The molecule has 5 nitrogen and oxygen atoms in total. The lowest BCUT2D eigenvalue weighted by atomic mass is 10.1. The molecule has 2 heterocycles. The van der Waals surface area contributed by atoms with Crippen LogP contribution < -0.4 is 10.7 Å². The molecule has 1 unspecified atom stereocenters. The molecule has 6 heteroatoms. The third kappa shape index (κ3) is 2.62. The van der Waals surface area contributed by atoms with Crippen LogP contribution in [0.25, 0.3) is 0 Å². The van der Waals surface area contributed by atoms with Gasteiger partial charge in [-0.3, -0.25) is 5.43 Å². The van der Waals surface area contributed by atoms with E-state index in [4.69, 9.17) is 4.99 Å². The molecule has 0 spiro atoms. The Balaban J connectivity index is 1.75. The highest BCUT2D eigenvalue weighted by Crippen LogP contribution is 2.30. The van der Waals surface area contributed by atoms with E-state index in [9.17, 15) is 4.39 Å². The molecule has 1 atom stereocenters. The minimum absolute atomic E-state index is 0.214. The Kier molecular flexibility index (Phi) is 3.49. The summed E-state index contributed by atoms with van der Waals surface area (Å²) < 4.78 is 13.6. The van der Waals surface area contributed by atoms with Gasteiger partial charge in [-0.25, -0.2) is 9.38 Å². The topological polar surface area (TPSA) is 54.2 Å². The van der Waals surface area contributed by atoms with Gasteiger partial charge in [0.25, 0.3) is 0 Å². The Hall–Kier alpha value is -3.15. The lowest BCUT2D eigenvalue weighted by Gasteiger charge is -2.26. The zero-order valence-corrected chi connectivity index (χ0v) is 13.1. The second kappa shape index (κ2) is 5.81. The number of benzene rings is 2. The molecule has 0 fully saturated rings. The molecule has 4 rings (SSSR count). The van der Waals surface area contributed by atoms with Crippen molar-refractivity contribution in [2.75, 3.05) is 10.7 Å². The van der Waals surface area contributed by atoms with Gasteiger partial charge in [-0.1, -0.05) is 18.2 Å². The zero-order chi connectivity index (χ0) is 16.5. The number of nitrogens with one attached hydrogen (secondary N) is 2. The van der Waals surface area contributed by atoms with Gasteiger partial charge in [0.1, 0.15) is 12.0 Å². The highest BCUT2D eigenvalue weighted by atomic mass is 19.1. The van der Waals surface area contributed by atoms with Crippen LogP contribution in [0, 0.1) is 12.7 Å². The van der Waals surface area contributed by atoms with Crippen LogP contribution in [0.1, 0.15) is 22.9 Å². The highest BCUT2D eigenvalue weighted by molar-refractivity contribution is 6.09. The Morgan fingerprint density at radius 3 is 2.83 bits per heavy atom. The Bertz CT molecular complexity index is 902. The largest absolute Gasteiger partial charge is 0.359 e. The normalized spacial score (nSPS) is 16.1. The molecule has 0 aliphatic carbocycles. The first-order valence-corrected chi connectivity index (χ1v) is 7.67. The molecule has 2 aromatic carbocycles. The number of aromatic nitrogens is 2. The number of nitrogens with zero attached hydrogens (tertiary/aromatic N) is 3. The molecule has 0 amide bonds. The third-order valence-electron chi connectivity index (χ3n) is 3.96. The Morgan fingerprint density at radius 1 is 1.17 bits per heavy atom. The molecule has 3 aromatic rings. The Morgan fingerprint density at radius 2 is 2.04 bits per heavy atom. The van der Waals surface area contributed by atoms with Gasteiger partial charge in [-0.05, 0) is 48.4 Å². The molecule has 1 aromatic heterocycles. The van der Waals surface area contributed by atoms with Crippen LogP contribution in [-0.4, -0.2) is 15.7 Å². The molecule has 0 bridgehead atoms. The van der Waals surface area contributed by atoms with Gasteiger partial charge >= 0.3 is 0 Å². The maximum atomic E-state index is 13.6. The van der Waals surface area contributed by atoms with E-state index in [1.165, 1.54) is 6.07 Å². The summed E-state index contributed by atoms with van der Waals surface area (Å²) in [5, 5.41) is 7.55. The summed E-state index contributed by atoms with van der Waals surface area (Å²) >= 11 is 0. The van der Waals surface area contributed by atoms with Gasteiger partial charge in [0.15, 0.2) is 5.84 Å². The van der Waals surface area contributed by atoms with Gasteiger partial charge in [0.05, 0.1) is 6.20 Å². The number of rotatable bonds is 2. The second-order valence-electron chi connectivity index (χ2n) is 5.64. The second-order valence-corrected chi connectivity index (χ2v) is 5.64. The molecule has 1 aliphatic heterocycles. The lowest BCUT2D eigenvalue weighted by molar-refractivity contribution is 0.616. The molecule has 2 N–H and O–H groups in total. The van der Waals surface area contributed by atoms with Gasteiger partial charge in [-0.2, -0.15) is 9.89 Å². The maximum Gasteiger partial charge on any atom is 0.153 e. The van der Waals surface area contributed by atoms with Crippen LogP contribution in [0.5, 0.6) is 0 Å². The minimum Gasteiger partial charge on any atom is -0.359 e. The number of aliphatic imine (C=N–C) groups is 1. The molecule has 24 heavy (non-hydrogen) atoms. The van der Waals surface area contributed by atoms with Crippen molar-refractivity contribution in [2.45, 2.75) is 13.1 Å². The van der Waals surface area contributed by atoms with Crippen LogP contribution in [-0.2, 0) is 0 Å². The van der Waals surface area contributed by atoms with Crippen molar-refractivity contribution in [2.24, 2.45) is 4.99 Å². The fourth-order valence-corrected chi connectivity index (χ4v) is 2.72. The Labute approximate surface area is 138 Å². The molecular weight excluding hydrogens is 305 g/mol. The van der Waals surface area contributed by atoms with Crippen molar-refractivity contribution in [1.82, 2.24) is 9.89 Å². The monoisotopic (exact) mass is 321 g/mol. The van der Waals surface area contributed by atoms with Gasteiger partial charge in [0.2, 0.25) is 0 Å². The number of anilines is 1. The van der Waals surface area contributed by atoms with Crippen molar-refractivity contribution >= 4 is 11.5 Å². The van der Waals surface area contributed by atoms with E-state index in [0.717, 1.165) is 16.8 Å². The number of amidine groups is 1. The summed E-state index contributed by atoms with van der Waals surface area (Å²) in [6.45, 7) is 1.75. The first-order valence-electron chi connectivity index (χ1n) is 7.67. The van der Waals surface area contributed by atoms with E-state index in [0.29, 0.717) is 11.4 Å². The number of aryl methyl sites for hydroxylation is 1. The smallest absolute Gasteiger partial charge is 0.153 e. The summed E-state index contributed by atoms with van der Waals surface area (Å²) in [4.78, 5) is 6.36. The molecule has 1 aliphatic rings. The van der Waals surface area contributed by atoms with Crippen LogP contribution in [0.2, 0.25) is 0 Å². The maximum absolute atomic E-state index is 13.6. The summed E-state index contributed by atoms with van der Waals surface area (Å²) in [5.41, 5.74) is 6.62. The van der Waals surface area contributed by atoms with Crippen LogP contribution in [0.3, 0.4) is 0 Å². The van der Waals surface area contributed by atoms with Crippen LogP contribution >= 0.6 is 0 Å². The average Bonchev–Trinajstić information content (AvgIpc) is 3.10. The van der Waals surface area contributed by atoms with Crippen molar-refractivity contribution in [3.63, 3.8) is 0 Å². The van der Waals surface area contributed by atoms with Crippen molar-refractivity contribution < 1.29 is 4.39 Å². The van der Waals surface area contributed by atoms with E-state index < -0.39 is 0 Å². The van der Waals surface area contributed by atoms with E-state index in [1.807, 2.05) is 42.6 Å². The molecule has 0 radical (unpaired) electrons. The quantitative estimate of drug-likeness (QED) is 0.760. The SMILES string of the molecule is Cc1cc(C2N=C(Nn3cccn3)c3ccccc3N2)ccc1F. The summed E-state index contributed by atoms with van der Waals surface area (Å²) in [5.74, 6) is 0.494. The van der Waals surface area contributed by atoms with Crippen molar-refractivity contribution in [3.05, 3.63) is 83.4 Å². The van der Waals surface area contributed by atoms with E-state index >= 15 is 0 Å². The van der Waals surface area contributed by atoms with Gasteiger partial charge < -0.3 is 5.32 Å². The van der Waals surface area contributed by atoms with Crippen molar-refractivity contribution in [3.8, 4) is 0 Å². The number of hydrogen-bond acceptors (Lipinski definition) is 4. The summed E-state index contributed by atoms with van der Waals surface area (Å²) in [7, 11) is 0. The average molecular weight is 321 g/mol. The van der Waals surface area contributed by atoms with Gasteiger partial charge in [-0.15, -0.1) is 0 Å². The fourth-order valence-electron chi connectivity index (χ4n) is 2.72. The summed E-state index contributed by atoms with van der Waals surface area (Å²) in [6, 6.07) is 14.8.